The molecule has 2 aromatic rings. The molecule has 0 radical (unpaired) electrons. The van der Waals surface area contributed by atoms with Crippen molar-refractivity contribution in [2.24, 2.45) is 0 Å². The number of hydrogen-bond acceptors (Lipinski definition) is 4. The van der Waals surface area contributed by atoms with Gasteiger partial charge in [-0.3, -0.25) is 9.59 Å². The van der Waals surface area contributed by atoms with Gasteiger partial charge >= 0.3 is 0 Å². The topological polar surface area (TPSA) is 130 Å². The molecule has 0 aliphatic carbocycles. The van der Waals surface area contributed by atoms with Gasteiger partial charge < -0.3 is 26.3 Å². The predicted octanol–water partition coefficient (Wildman–Crippen LogP) is 1.86. The Labute approximate surface area is 132 Å². The Morgan fingerprint density at radius 2 is 1.13 bits per heavy atom. The summed E-state index contributed by atoms with van der Waals surface area (Å²) in [5.74, 6) is -0.588. The number of phenols is 2. The molecule has 0 spiro atoms. The summed E-state index contributed by atoms with van der Waals surface area (Å²) in [6.07, 6.45) is 0. The van der Waals surface area contributed by atoms with Gasteiger partial charge in [-0.1, -0.05) is 0 Å². The van der Waals surface area contributed by atoms with E-state index in [0.29, 0.717) is 22.5 Å². The van der Waals surface area contributed by atoms with Crippen molar-refractivity contribution in [1.82, 2.24) is 0 Å². The van der Waals surface area contributed by atoms with Crippen LogP contribution in [0.1, 0.15) is 13.8 Å². The van der Waals surface area contributed by atoms with E-state index >= 15 is 0 Å². The zero-order valence-corrected chi connectivity index (χ0v) is 12.7. The molecule has 2 amide bonds. The number of aromatic hydroxyl groups is 2. The van der Waals surface area contributed by atoms with E-state index < -0.39 is 0 Å². The zero-order chi connectivity index (χ0) is 16.3. The van der Waals surface area contributed by atoms with Crippen molar-refractivity contribution in [3.8, 4) is 22.6 Å². The molecule has 0 unspecified atom stereocenters. The monoisotopic (exact) mass is 318 g/mol. The lowest BCUT2D eigenvalue weighted by atomic mass is 10.0. The van der Waals surface area contributed by atoms with Crippen molar-refractivity contribution in [2.45, 2.75) is 13.8 Å². The highest BCUT2D eigenvalue weighted by molar-refractivity contribution is 5.92. The lowest BCUT2D eigenvalue weighted by Gasteiger charge is -2.12. The third kappa shape index (κ3) is 4.45. The Hall–Kier alpha value is -3.06. The Morgan fingerprint density at radius 1 is 0.783 bits per heavy atom. The van der Waals surface area contributed by atoms with Crippen LogP contribution in [-0.2, 0) is 9.59 Å². The highest BCUT2D eigenvalue weighted by atomic mass is 16.3. The van der Waals surface area contributed by atoms with Gasteiger partial charge in [-0.25, -0.2) is 0 Å². The molecule has 0 aliphatic heterocycles. The number of phenolic OH excluding ortho intramolecular Hbond substituents is 2. The molecule has 7 heteroatoms. The Bertz CT molecular complexity index is 680. The van der Waals surface area contributed by atoms with Crippen LogP contribution in [0.5, 0.6) is 11.5 Å². The van der Waals surface area contributed by atoms with Gasteiger partial charge in [0.2, 0.25) is 11.8 Å². The maximum Gasteiger partial charge on any atom is 0.221 e. The van der Waals surface area contributed by atoms with Crippen molar-refractivity contribution < 1.29 is 25.3 Å². The molecule has 0 aromatic heterocycles. The van der Waals surface area contributed by atoms with Crippen molar-refractivity contribution in [3.63, 3.8) is 0 Å². The van der Waals surface area contributed by atoms with Crippen LogP contribution in [-0.4, -0.2) is 27.5 Å². The van der Waals surface area contributed by atoms with E-state index in [2.05, 4.69) is 10.6 Å². The molecule has 0 atom stereocenters. The molecule has 7 nitrogen and oxygen atoms in total. The first kappa shape index (κ1) is 18.0. The molecule has 2 aromatic carbocycles. The molecular formula is C16H18N2O5. The van der Waals surface area contributed by atoms with E-state index in [4.69, 9.17) is 0 Å². The first-order chi connectivity index (χ1) is 10.4. The number of hydrogen-bond donors (Lipinski definition) is 4. The lowest BCUT2D eigenvalue weighted by molar-refractivity contribution is -0.115. The average Bonchev–Trinajstić information content (AvgIpc) is 2.42. The average molecular weight is 318 g/mol. The van der Waals surface area contributed by atoms with Crippen LogP contribution in [0.4, 0.5) is 11.4 Å². The van der Waals surface area contributed by atoms with Gasteiger partial charge in [0.1, 0.15) is 11.5 Å². The normalized spacial score (nSPS) is 9.65. The number of carbonyl (C=O) groups is 2. The molecule has 122 valence electrons. The zero-order valence-electron chi connectivity index (χ0n) is 12.7. The molecule has 2 rings (SSSR count). The lowest BCUT2D eigenvalue weighted by Crippen LogP contribution is -2.06. The van der Waals surface area contributed by atoms with Gasteiger partial charge in [0.15, 0.2) is 0 Å². The van der Waals surface area contributed by atoms with E-state index in [1.807, 2.05) is 0 Å². The van der Waals surface area contributed by atoms with Crippen LogP contribution < -0.4 is 10.6 Å². The first-order valence-corrected chi connectivity index (χ1v) is 6.58. The summed E-state index contributed by atoms with van der Waals surface area (Å²) in [5.41, 5.74) is 1.67. The van der Waals surface area contributed by atoms with E-state index in [-0.39, 0.29) is 28.8 Å². The summed E-state index contributed by atoms with van der Waals surface area (Å²) in [4.78, 5) is 22.2. The highest BCUT2D eigenvalue weighted by Gasteiger charge is 2.12. The minimum absolute atomic E-state index is 0. The fourth-order valence-corrected chi connectivity index (χ4v) is 2.07. The van der Waals surface area contributed by atoms with Gasteiger partial charge in [-0.05, 0) is 36.4 Å². The van der Waals surface area contributed by atoms with Crippen LogP contribution >= 0.6 is 0 Å². The Balaban J connectivity index is 0.00000264. The van der Waals surface area contributed by atoms with Crippen LogP contribution in [0, 0.1) is 0 Å². The predicted molar refractivity (Wildman–Crippen MR) is 87.4 cm³/mol. The number of carbonyl (C=O) groups excluding carboxylic acids is 2. The van der Waals surface area contributed by atoms with Gasteiger partial charge in [0, 0.05) is 36.3 Å². The second-order valence-corrected chi connectivity index (χ2v) is 4.83. The molecule has 6 N–H and O–H groups in total. The maximum atomic E-state index is 11.1. The standard InChI is InChI=1S/C16H16N2O4.H2O/c1-9(19)17-11-3-5-15(21)13(7-11)14-8-12(18-10(2)20)4-6-16(14)22;/h3-8,21-22H,1-2H3,(H,17,19)(H,18,20);1H2. The fourth-order valence-electron chi connectivity index (χ4n) is 2.07. The van der Waals surface area contributed by atoms with Crippen LogP contribution in [0.2, 0.25) is 0 Å². The molecule has 0 saturated carbocycles. The molecule has 0 saturated heterocycles. The van der Waals surface area contributed by atoms with Crippen LogP contribution in [0.25, 0.3) is 11.1 Å². The number of nitrogens with one attached hydrogen (secondary N) is 2. The Kier molecular flexibility index (Phi) is 5.69. The van der Waals surface area contributed by atoms with Crippen molar-refractivity contribution >= 4 is 23.2 Å². The quantitative estimate of drug-likeness (QED) is 0.643. The summed E-state index contributed by atoms with van der Waals surface area (Å²) in [5, 5.41) is 25.2. The first-order valence-electron chi connectivity index (χ1n) is 6.58. The summed E-state index contributed by atoms with van der Waals surface area (Å²) in [7, 11) is 0. The van der Waals surface area contributed by atoms with E-state index in [1.54, 1.807) is 24.3 Å². The third-order valence-electron chi connectivity index (χ3n) is 2.92. The van der Waals surface area contributed by atoms with Crippen molar-refractivity contribution in [3.05, 3.63) is 36.4 Å². The Morgan fingerprint density at radius 3 is 1.43 bits per heavy atom. The van der Waals surface area contributed by atoms with Gasteiger partial charge in [-0.15, -0.1) is 0 Å². The van der Waals surface area contributed by atoms with Gasteiger partial charge in [-0.2, -0.15) is 0 Å². The number of anilines is 2. The molecule has 23 heavy (non-hydrogen) atoms. The second kappa shape index (κ2) is 7.28. The largest absolute Gasteiger partial charge is 0.507 e. The minimum atomic E-state index is -0.243. The maximum absolute atomic E-state index is 11.1. The smallest absolute Gasteiger partial charge is 0.221 e. The van der Waals surface area contributed by atoms with E-state index in [1.165, 1.54) is 26.0 Å². The molecule has 0 fully saturated rings. The number of benzene rings is 2. The van der Waals surface area contributed by atoms with Crippen LogP contribution in [0.3, 0.4) is 0 Å². The minimum Gasteiger partial charge on any atom is -0.507 e. The molecule has 0 heterocycles. The summed E-state index contributed by atoms with van der Waals surface area (Å²) in [6, 6.07) is 9.03. The summed E-state index contributed by atoms with van der Waals surface area (Å²) < 4.78 is 0. The van der Waals surface area contributed by atoms with Gasteiger partial charge in [0.25, 0.3) is 0 Å². The third-order valence-corrected chi connectivity index (χ3v) is 2.92. The van der Waals surface area contributed by atoms with Gasteiger partial charge in [0.05, 0.1) is 0 Å². The summed E-state index contributed by atoms with van der Waals surface area (Å²) >= 11 is 0. The van der Waals surface area contributed by atoms with Crippen molar-refractivity contribution in [1.29, 1.82) is 0 Å². The van der Waals surface area contributed by atoms with E-state index in [9.17, 15) is 19.8 Å². The SMILES string of the molecule is CC(=O)Nc1ccc(O)c(-c2cc(NC(C)=O)ccc2O)c1.O. The molecule has 0 aliphatic rings. The highest BCUT2D eigenvalue weighted by Crippen LogP contribution is 2.38. The number of amides is 2. The van der Waals surface area contributed by atoms with Crippen LogP contribution in [0.15, 0.2) is 36.4 Å². The molecule has 0 bridgehead atoms. The van der Waals surface area contributed by atoms with Crippen molar-refractivity contribution in [2.75, 3.05) is 10.6 Å². The number of rotatable bonds is 3. The molecular weight excluding hydrogens is 300 g/mol. The van der Waals surface area contributed by atoms with E-state index in [0.717, 1.165) is 0 Å². The fraction of sp³-hybridized carbons (Fsp3) is 0.125. The second-order valence-electron chi connectivity index (χ2n) is 4.83. The summed E-state index contributed by atoms with van der Waals surface area (Å²) in [6.45, 7) is 2.75.